The number of benzene rings is 2. The Morgan fingerprint density at radius 3 is 2.70 bits per heavy atom. The first-order chi connectivity index (χ1) is 13.0. The molecule has 1 aliphatic heterocycles. The van der Waals surface area contributed by atoms with E-state index < -0.39 is 0 Å². The molecule has 0 aromatic heterocycles. The summed E-state index contributed by atoms with van der Waals surface area (Å²) in [5, 5.41) is 5.72. The van der Waals surface area contributed by atoms with Gasteiger partial charge in [-0.15, -0.1) is 0 Å². The van der Waals surface area contributed by atoms with E-state index in [0.717, 1.165) is 22.6 Å². The number of hydrogen-bond acceptors (Lipinski definition) is 3. The van der Waals surface area contributed by atoms with Crippen LogP contribution in [-0.4, -0.2) is 31.6 Å². The molecule has 142 valence electrons. The molecule has 27 heavy (non-hydrogen) atoms. The molecule has 1 heterocycles. The van der Waals surface area contributed by atoms with Crippen LogP contribution in [0.3, 0.4) is 0 Å². The molecule has 0 unspecified atom stereocenters. The van der Waals surface area contributed by atoms with Crippen LogP contribution in [0.15, 0.2) is 42.5 Å². The summed E-state index contributed by atoms with van der Waals surface area (Å²) < 4.78 is 5.28. The third kappa shape index (κ3) is 4.39. The molecule has 6 nitrogen and oxygen atoms in total. The van der Waals surface area contributed by atoms with Crippen molar-refractivity contribution in [2.75, 3.05) is 18.6 Å². The van der Waals surface area contributed by atoms with Gasteiger partial charge in [0.05, 0.1) is 13.2 Å². The molecule has 3 amide bonds. The molecule has 1 atom stereocenters. The molecule has 1 fully saturated rings. The molecule has 0 spiro atoms. The average molecular weight is 367 g/mol. The zero-order chi connectivity index (χ0) is 19.4. The van der Waals surface area contributed by atoms with Gasteiger partial charge in [-0.25, -0.2) is 4.79 Å². The number of para-hydroxylation sites is 1. The molecular weight excluding hydrogens is 342 g/mol. The SMILES string of the molecule is COc1ccccc1CNC(=O)N[C@@H]1CC(=O)N(c2ccc(C)c(C)c2)C1. The second kappa shape index (κ2) is 8.12. The minimum Gasteiger partial charge on any atom is -0.496 e. The summed E-state index contributed by atoms with van der Waals surface area (Å²) in [6, 6.07) is 13.0. The van der Waals surface area contributed by atoms with E-state index in [4.69, 9.17) is 4.74 Å². The first-order valence-corrected chi connectivity index (χ1v) is 9.02. The van der Waals surface area contributed by atoms with Crippen LogP contribution in [0.4, 0.5) is 10.5 Å². The second-order valence-electron chi connectivity index (χ2n) is 6.81. The normalized spacial score (nSPS) is 16.3. The number of urea groups is 1. The van der Waals surface area contributed by atoms with Gasteiger partial charge in [0.25, 0.3) is 0 Å². The summed E-state index contributed by atoms with van der Waals surface area (Å²) in [5.74, 6) is 0.753. The first kappa shape index (κ1) is 18.8. The van der Waals surface area contributed by atoms with Crippen molar-refractivity contribution >= 4 is 17.6 Å². The number of methoxy groups -OCH3 is 1. The monoisotopic (exact) mass is 367 g/mol. The minimum atomic E-state index is -0.291. The number of aryl methyl sites for hydroxylation is 2. The zero-order valence-corrected chi connectivity index (χ0v) is 15.9. The van der Waals surface area contributed by atoms with Crippen molar-refractivity contribution in [2.24, 2.45) is 0 Å². The lowest BCUT2D eigenvalue weighted by Crippen LogP contribution is -2.43. The summed E-state index contributed by atoms with van der Waals surface area (Å²) in [6.07, 6.45) is 0.301. The highest BCUT2D eigenvalue weighted by atomic mass is 16.5. The van der Waals surface area contributed by atoms with Crippen molar-refractivity contribution in [1.82, 2.24) is 10.6 Å². The summed E-state index contributed by atoms with van der Waals surface area (Å²) in [5.41, 5.74) is 4.11. The topological polar surface area (TPSA) is 70.7 Å². The Labute approximate surface area is 159 Å². The van der Waals surface area contributed by atoms with Crippen molar-refractivity contribution in [3.05, 3.63) is 59.2 Å². The number of nitrogens with zero attached hydrogens (tertiary/aromatic N) is 1. The smallest absolute Gasteiger partial charge is 0.315 e. The minimum absolute atomic E-state index is 0.0216. The number of hydrogen-bond donors (Lipinski definition) is 2. The number of rotatable bonds is 5. The molecule has 0 radical (unpaired) electrons. The predicted molar refractivity (Wildman–Crippen MR) is 105 cm³/mol. The van der Waals surface area contributed by atoms with Crippen molar-refractivity contribution < 1.29 is 14.3 Å². The van der Waals surface area contributed by atoms with Gasteiger partial charge >= 0.3 is 6.03 Å². The Morgan fingerprint density at radius 1 is 1.19 bits per heavy atom. The van der Waals surface area contributed by atoms with Crippen LogP contribution in [0.2, 0.25) is 0 Å². The fraction of sp³-hybridized carbons (Fsp3) is 0.333. The third-order valence-corrected chi connectivity index (χ3v) is 4.89. The largest absolute Gasteiger partial charge is 0.496 e. The predicted octanol–water partition coefficient (Wildman–Crippen LogP) is 2.92. The molecule has 3 rings (SSSR count). The van der Waals surface area contributed by atoms with E-state index >= 15 is 0 Å². The maximum absolute atomic E-state index is 12.4. The zero-order valence-electron chi connectivity index (χ0n) is 15.9. The maximum Gasteiger partial charge on any atom is 0.315 e. The quantitative estimate of drug-likeness (QED) is 0.854. The highest BCUT2D eigenvalue weighted by Gasteiger charge is 2.31. The lowest BCUT2D eigenvalue weighted by atomic mass is 10.1. The Kier molecular flexibility index (Phi) is 5.64. The molecule has 6 heteroatoms. The van der Waals surface area contributed by atoms with Crippen LogP contribution in [0.5, 0.6) is 5.75 Å². The lowest BCUT2D eigenvalue weighted by Gasteiger charge is -2.18. The van der Waals surface area contributed by atoms with Gasteiger partial charge in [0.15, 0.2) is 0 Å². The molecule has 0 saturated carbocycles. The number of nitrogens with one attached hydrogen (secondary N) is 2. The molecule has 2 N–H and O–H groups in total. The van der Waals surface area contributed by atoms with E-state index in [-0.39, 0.29) is 18.0 Å². The van der Waals surface area contributed by atoms with Crippen molar-refractivity contribution in [3.8, 4) is 5.75 Å². The molecule has 1 saturated heterocycles. The van der Waals surface area contributed by atoms with Gasteiger partial charge in [0.1, 0.15) is 5.75 Å². The van der Waals surface area contributed by atoms with Crippen molar-refractivity contribution in [1.29, 1.82) is 0 Å². The molecule has 1 aliphatic rings. The lowest BCUT2D eigenvalue weighted by molar-refractivity contribution is -0.117. The number of carbonyl (C=O) groups is 2. The van der Waals surface area contributed by atoms with Crippen LogP contribution in [0, 0.1) is 13.8 Å². The first-order valence-electron chi connectivity index (χ1n) is 9.02. The number of amides is 3. The van der Waals surface area contributed by atoms with E-state index in [1.165, 1.54) is 5.56 Å². The Bertz CT molecular complexity index is 850. The van der Waals surface area contributed by atoms with Gasteiger partial charge in [-0.3, -0.25) is 4.79 Å². The van der Waals surface area contributed by atoms with Gasteiger partial charge in [-0.2, -0.15) is 0 Å². The molecule has 2 aromatic rings. The molecule has 0 aliphatic carbocycles. The van der Waals surface area contributed by atoms with Crippen molar-refractivity contribution in [3.63, 3.8) is 0 Å². The van der Waals surface area contributed by atoms with Crippen LogP contribution in [0.25, 0.3) is 0 Å². The Morgan fingerprint density at radius 2 is 1.96 bits per heavy atom. The van der Waals surface area contributed by atoms with Gasteiger partial charge < -0.3 is 20.3 Å². The molecule has 0 bridgehead atoms. The van der Waals surface area contributed by atoms with E-state index in [2.05, 4.69) is 10.6 Å². The summed E-state index contributed by atoms with van der Waals surface area (Å²) in [7, 11) is 1.60. The maximum atomic E-state index is 12.4. The van der Waals surface area contributed by atoms with Crippen LogP contribution in [0.1, 0.15) is 23.1 Å². The van der Waals surface area contributed by atoms with Gasteiger partial charge in [-0.1, -0.05) is 24.3 Å². The number of anilines is 1. The highest BCUT2D eigenvalue weighted by Crippen LogP contribution is 2.24. The standard InChI is InChI=1S/C21H25N3O3/c1-14-8-9-18(10-15(14)2)24-13-17(11-20(24)25)23-21(26)22-12-16-6-4-5-7-19(16)27-3/h4-10,17H,11-13H2,1-3H3,(H2,22,23,26)/t17-/m1/s1. The van der Waals surface area contributed by atoms with E-state index in [1.54, 1.807) is 12.0 Å². The van der Waals surface area contributed by atoms with Gasteiger partial charge in [-0.05, 0) is 43.2 Å². The van der Waals surface area contributed by atoms with E-state index in [1.807, 2.05) is 56.3 Å². The van der Waals surface area contributed by atoms with Crippen LogP contribution in [-0.2, 0) is 11.3 Å². The van der Waals surface area contributed by atoms with Gasteiger partial charge in [0.2, 0.25) is 5.91 Å². The molecular formula is C21H25N3O3. The fourth-order valence-electron chi connectivity index (χ4n) is 3.21. The van der Waals surface area contributed by atoms with E-state index in [0.29, 0.717) is 19.5 Å². The molecule has 2 aromatic carbocycles. The summed E-state index contributed by atoms with van der Waals surface area (Å²) >= 11 is 0. The van der Waals surface area contributed by atoms with Crippen molar-refractivity contribution in [2.45, 2.75) is 32.9 Å². The third-order valence-electron chi connectivity index (χ3n) is 4.89. The van der Waals surface area contributed by atoms with Crippen LogP contribution >= 0.6 is 0 Å². The Balaban J connectivity index is 1.56. The number of carbonyl (C=O) groups excluding carboxylic acids is 2. The summed E-state index contributed by atoms with van der Waals surface area (Å²) in [6.45, 7) is 4.91. The average Bonchev–Trinajstić information content (AvgIpc) is 3.02. The number of ether oxygens (including phenoxy) is 1. The summed E-state index contributed by atoms with van der Waals surface area (Å²) in [4.78, 5) is 26.3. The fourth-order valence-corrected chi connectivity index (χ4v) is 3.21. The second-order valence-corrected chi connectivity index (χ2v) is 6.81. The van der Waals surface area contributed by atoms with E-state index in [9.17, 15) is 9.59 Å². The van der Waals surface area contributed by atoms with Crippen LogP contribution < -0.4 is 20.3 Å². The Hall–Kier alpha value is -3.02. The van der Waals surface area contributed by atoms with Gasteiger partial charge in [0, 0.05) is 30.8 Å². The highest BCUT2D eigenvalue weighted by molar-refractivity contribution is 5.96.